The van der Waals surface area contributed by atoms with Gasteiger partial charge in [-0.3, -0.25) is 4.79 Å². The largest absolute Gasteiger partial charge is 0.476 e. The lowest BCUT2D eigenvalue weighted by molar-refractivity contribution is -0.129. The van der Waals surface area contributed by atoms with Gasteiger partial charge in [-0.25, -0.2) is 4.79 Å². The first-order chi connectivity index (χ1) is 15.5. The van der Waals surface area contributed by atoms with E-state index in [1.165, 1.54) is 0 Å². The van der Waals surface area contributed by atoms with Crippen LogP contribution in [-0.2, 0) is 16.1 Å². The first kappa shape index (κ1) is 19.8. The van der Waals surface area contributed by atoms with Crippen molar-refractivity contribution in [3.63, 3.8) is 0 Å². The summed E-state index contributed by atoms with van der Waals surface area (Å²) >= 11 is 0. The Morgan fingerprint density at radius 1 is 1.00 bits per heavy atom. The van der Waals surface area contributed by atoms with Gasteiger partial charge >= 0.3 is 5.97 Å². The Hall–Kier alpha value is -4.19. The van der Waals surface area contributed by atoms with E-state index in [0.29, 0.717) is 5.69 Å². The average Bonchev–Trinajstić information content (AvgIpc) is 3.29. The number of aliphatic carboxylic acids is 1. The monoisotopic (exact) mass is 423 g/mol. The van der Waals surface area contributed by atoms with Gasteiger partial charge in [-0.2, -0.15) is 10.1 Å². The highest BCUT2D eigenvalue weighted by molar-refractivity contribution is 6.53. The third-order valence-corrected chi connectivity index (χ3v) is 5.86. The number of para-hydroxylation sites is 2. The van der Waals surface area contributed by atoms with Crippen molar-refractivity contribution in [2.45, 2.75) is 20.4 Å². The van der Waals surface area contributed by atoms with Crippen LogP contribution in [0.25, 0.3) is 27.9 Å². The van der Waals surface area contributed by atoms with Crippen molar-refractivity contribution in [1.29, 1.82) is 0 Å². The molecular weight excluding hydrogens is 402 g/mol. The molecule has 0 aliphatic carbocycles. The number of carboxylic acid groups (broad SMARTS) is 1. The number of hydrogen-bond acceptors (Lipinski definition) is 3. The molecule has 6 heteroatoms. The van der Waals surface area contributed by atoms with Crippen LogP contribution in [0.4, 0.5) is 5.69 Å². The topological polar surface area (TPSA) is 74.9 Å². The lowest BCUT2D eigenvalue weighted by Crippen LogP contribution is -2.22. The highest BCUT2D eigenvalue weighted by atomic mass is 16.4. The van der Waals surface area contributed by atoms with Gasteiger partial charge in [-0.1, -0.05) is 36.4 Å². The van der Waals surface area contributed by atoms with E-state index in [1.54, 1.807) is 30.3 Å². The van der Waals surface area contributed by atoms with E-state index in [0.717, 1.165) is 44.5 Å². The molecule has 158 valence electrons. The molecule has 4 aromatic rings. The number of anilines is 1. The molecule has 1 aliphatic heterocycles. The van der Waals surface area contributed by atoms with Gasteiger partial charge in [0.15, 0.2) is 5.71 Å². The van der Waals surface area contributed by atoms with E-state index < -0.39 is 11.9 Å². The molecule has 0 bridgehead atoms. The number of carbonyl (C=O) groups is 2. The zero-order chi connectivity index (χ0) is 22.4. The van der Waals surface area contributed by atoms with Crippen LogP contribution in [0, 0.1) is 6.92 Å². The molecule has 0 saturated heterocycles. The molecule has 1 aromatic heterocycles. The smallest absolute Gasteiger partial charge is 0.357 e. The van der Waals surface area contributed by atoms with Gasteiger partial charge in [-0.05, 0) is 61.4 Å². The summed E-state index contributed by atoms with van der Waals surface area (Å²) in [5, 5.41) is 17.2. The number of hydrogen-bond donors (Lipinski definition) is 1. The van der Waals surface area contributed by atoms with E-state index >= 15 is 0 Å². The number of aryl methyl sites for hydroxylation is 2. The van der Waals surface area contributed by atoms with Gasteiger partial charge in [0.25, 0.3) is 5.91 Å². The summed E-state index contributed by atoms with van der Waals surface area (Å²) < 4.78 is 2.26. The van der Waals surface area contributed by atoms with Gasteiger partial charge in [0, 0.05) is 28.4 Å². The molecule has 6 nitrogen and oxygen atoms in total. The summed E-state index contributed by atoms with van der Waals surface area (Å²) in [6.07, 6.45) is 1.64. The van der Waals surface area contributed by atoms with Crippen molar-refractivity contribution in [3.8, 4) is 0 Å². The van der Waals surface area contributed by atoms with Crippen molar-refractivity contribution in [1.82, 2.24) is 4.57 Å². The summed E-state index contributed by atoms with van der Waals surface area (Å²) in [6.45, 7) is 4.92. The first-order valence-corrected chi connectivity index (χ1v) is 10.4. The summed E-state index contributed by atoms with van der Waals surface area (Å²) in [7, 11) is 0. The van der Waals surface area contributed by atoms with Gasteiger partial charge < -0.3 is 9.67 Å². The minimum Gasteiger partial charge on any atom is -0.476 e. The molecule has 0 radical (unpaired) electrons. The van der Waals surface area contributed by atoms with E-state index in [2.05, 4.69) is 34.8 Å². The number of rotatable bonds is 4. The van der Waals surface area contributed by atoms with E-state index in [4.69, 9.17) is 0 Å². The summed E-state index contributed by atoms with van der Waals surface area (Å²) in [4.78, 5) is 25.0. The molecule has 2 heterocycles. The van der Waals surface area contributed by atoms with Gasteiger partial charge in [0.05, 0.1) is 11.3 Å². The summed E-state index contributed by atoms with van der Waals surface area (Å²) in [6, 6.07) is 21.2. The van der Waals surface area contributed by atoms with Crippen LogP contribution in [-0.4, -0.2) is 27.3 Å². The zero-order valence-corrected chi connectivity index (χ0v) is 17.7. The number of nitrogens with zero attached hydrogens (tertiary/aromatic N) is 3. The number of hydrazone groups is 1. The van der Waals surface area contributed by atoms with Gasteiger partial charge in [-0.15, -0.1) is 0 Å². The quantitative estimate of drug-likeness (QED) is 0.470. The molecule has 0 unspecified atom stereocenters. The van der Waals surface area contributed by atoms with Gasteiger partial charge in [0.1, 0.15) is 0 Å². The fourth-order valence-electron chi connectivity index (χ4n) is 4.31. The Morgan fingerprint density at radius 3 is 2.44 bits per heavy atom. The normalized spacial score (nSPS) is 15.2. The van der Waals surface area contributed by atoms with Crippen molar-refractivity contribution < 1.29 is 14.7 Å². The fourth-order valence-corrected chi connectivity index (χ4v) is 4.31. The highest BCUT2D eigenvalue weighted by Crippen LogP contribution is 2.33. The predicted molar refractivity (Wildman–Crippen MR) is 127 cm³/mol. The predicted octanol–water partition coefficient (Wildman–Crippen LogP) is 4.99. The van der Waals surface area contributed by atoms with Crippen LogP contribution < -0.4 is 5.01 Å². The second-order valence-electron chi connectivity index (χ2n) is 7.75. The Labute approximate surface area is 184 Å². The van der Waals surface area contributed by atoms with Crippen molar-refractivity contribution >= 4 is 51.2 Å². The highest BCUT2D eigenvalue weighted by Gasteiger charge is 2.35. The molecule has 0 spiro atoms. The Morgan fingerprint density at radius 2 is 1.72 bits per heavy atom. The van der Waals surface area contributed by atoms with Crippen LogP contribution in [0.1, 0.15) is 18.1 Å². The molecule has 1 aliphatic rings. The lowest BCUT2D eigenvalue weighted by Gasteiger charge is -2.11. The van der Waals surface area contributed by atoms with Crippen LogP contribution in [0.2, 0.25) is 0 Å². The SMILES string of the molecule is CCn1c2ccccc2c2cc(/C=C3/C(=O)N(c4ccccc4)N=C3C(=O)O)c(C)cc21. The molecule has 0 saturated carbocycles. The first-order valence-electron chi connectivity index (χ1n) is 10.4. The average molecular weight is 423 g/mol. The number of amides is 1. The molecule has 5 rings (SSSR count). The molecular formula is C26H21N3O3. The lowest BCUT2D eigenvalue weighted by atomic mass is 10.00. The minimum absolute atomic E-state index is 0.0723. The maximum atomic E-state index is 13.1. The zero-order valence-electron chi connectivity index (χ0n) is 17.7. The van der Waals surface area contributed by atoms with Crippen molar-refractivity contribution in [3.05, 3.63) is 83.4 Å². The Bertz CT molecular complexity index is 1460. The molecule has 1 N–H and O–H groups in total. The summed E-state index contributed by atoms with van der Waals surface area (Å²) in [5.41, 5.74) is 4.36. The van der Waals surface area contributed by atoms with E-state index in [-0.39, 0.29) is 11.3 Å². The van der Waals surface area contributed by atoms with Crippen LogP contribution in [0.5, 0.6) is 0 Å². The van der Waals surface area contributed by atoms with Crippen molar-refractivity contribution in [2.24, 2.45) is 5.10 Å². The maximum Gasteiger partial charge on any atom is 0.357 e. The maximum absolute atomic E-state index is 13.1. The van der Waals surface area contributed by atoms with E-state index in [9.17, 15) is 14.7 Å². The standard InChI is InChI=1S/C26H21N3O3/c1-3-28-22-12-8-7-11-19(22)20-14-17(16(2)13-23(20)28)15-21-24(26(31)32)27-29(25(21)30)18-9-5-4-6-10-18/h4-15H,3H2,1-2H3,(H,31,32)/b21-15+. The molecule has 3 aromatic carbocycles. The van der Waals surface area contributed by atoms with Crippen LogP contribution in [0.3, 0.4) is 0 Å². The van der Waals surface area contributed by atoms with Gasteiger partial charge in [0.2, 0.25) is 0 Å². The molecule has 1 amide bonds. The third-order valence-electron chi connectivity index (χ3n) is 5.86. The Kier molecular flexibility index (Phi) is 4.63. The van der Waals surface area contributed by atoms with Crippen LogP contribution in [0.15, 0.2) is 77.4 Å². The second kappa shape index (κ2) is 7.50. The number of aromatic nitrogens is 1. The van der Waals surface area contributed by atoms with Crippen LogP contribution >= 0.6 is 0 Å². The molecule has 32 heavy (non-hydrogen) atoms. The number of carbonyl (C=O) groups excluding carboxylic acids is 1. The van der Waals surface area contributed by atoms with E-state index in [1.807, 2.05) is 31.2 Å². The molecule has 0 fully saturated rings. The number of carboxylic acids is 1. The summed E-state index contributed by atoms with van der Waals surface area (Å²) in [5.74, 6) is -1.69. The minimum atomic E-state index is -1.23. The number of fused-ring (bicyclic) bond motifs is 3. The van der Waals surface area contributed by atoms with Crippen molar-refractivity contribution in [2.75, 3.05) is 5.01 Å². The Balaban J connectivity index is 1.68. The molecule has 0 atom stereocenters. The third kappa shape index (κ3) is 3.00. The second-order valence-corrected chi connectivity index (χ2v) is 7.75. The number of benzene rings is 3. The fraction of sp³-hybridized carbons (Fsp3) is 0.115.